The lowest BCUT2D eigenvalue weighted by Gasteiger charge is -2.31. The third kappa shape index (κ3) is 4.47. The van der Waals surface area contributed by atoms with Crippen LogP contribution in [0.5, 0.6) is 5.75 Å². The molecule has 2 atom stereocenters. The second-order valence-corrected chi connectivity index (χ2v) is 5.04. The molecular weight excluding hydrogens is 254 g/mol. The Hall–Kier alpha value is -1.10. The number of ether oxygens (including phenoxy) is 3. The molecule has 2 rings (SSSR count). The molecule has 1 aliphatic rings. The fourth-order valence-electron chi connectivity index (χ4n) is 2.53. The van der Waals surface area contributed by atoms with Gasteiger partial charge in [0.1, 0.15) is 5.75 Å². The van der Waals surface area contributed by atoms with Gasteiger partial charge in [-0.05, 0) is 37.1 Å². The number of hydrogen-bond acceptors (Lipinski definition) is 4. The molecule has 1 saturated heterocycles. The molecular formula is C16H25NO3. The first kappa shape index (κ1) is 15.3. The van der Waals surface area contributed by atoms with Gasteiger partial charge in [-0.25, -0.2) is 0 Å². The van der Waals surface area contributed by atoms with E-state index in [2.05, 4.69) is 24.4 Å². The van der Waals surface area contributed by atoms with Crippen LogP contribution in [0.1, 0.15) is 18.9 Å². The first-order valence-electron chi connectivity index (χ1n) is 7.39. The van der Waals surface area contributed by atoms with Crippen LogP contribution in [0.15, 0.2) is 24.3 Å². The maximum Gasteiger partial charge on any atom is 0.118 e. The summed E-state index contributed by atoms with van der Waals surface area (Å²) in [6.07, 6.45) is 2.25. The van der Waals surface area contributed by atoms with Crippen molar-refractivity contribution in [3.63, 3.8) is 0 Å². The SMILES string of the molecule is CCNC(CCc1ccc(OC)cc1)C1COCCO1. The van der Waals surface area contributed by atoms with Crippen LogP contribution < -0.4 is 10.1 Å². The maximum atomic E-state index is 5.81. The van der Waals surface area contributed by atoms with Crippen LogP contribution in [0.4, 0.5) is 0 Å². The molecule has 0 aromatic heterocycles. The Morgan fingerprint density at radius 1 is 1.30 bits per heavy atom. The monoisotopic (exact) mass is 279 g/mol. The molecule has 1 heterocycles. The lowest BCUT2D eigenvalue weighted by Crippen LogP contribution is -2.46. The summed E-state index contributed by atoms with van der Waals surface area (Å²) in [5, 5.41) is 3.52. The van der Waals surface area contributed by atoms with Gasteiger partial charge in [-0.3, -0.25) is 0 Å². The van der Waals surface area contributed by atoms with Crippen LogP contribution in [-0.4, -0.2) is 45.6 Å². The van der Waals surface area contributed by atoms with Crippen molar-refractivity contribution < 1.29 is 14.2 Å². The Balaban J connectivity index is 1.86. The third-order valence-electron chi connectivity index (χ3n) is 3.66. The second-order valence-electron chi connectivity index (χ2n) is 5.04. The van der Waals surface area contributed by atoms with Crippen molar-refractivity contribution in [1.82, 2.24) is 5.32 Å². The van der Waals surface area contributed by atoms with Gasteiger partial charge >= 0.3 is 0 Å². The highest BCUT2D eigenvalue weighted by Gasteiger charge is 2.24. The molecule has 0 amide bonds. The minimum Gasteiger partial charge on any atom is -0.497 e. The van der Waals surface area contributed by atoms with Crippen LogP contribution in [0.2, 0.25) is 0 Å². The van der Waals surface area contributed by atoms with E-state index in [0.717, 1.165) is 25.1 Å². The zero-order valence-electron chi connectivity index (χ0n) is 12.4. The molecule has 4 heteroatoms. The zero-order valence-corrected chi connectivity index (χ0v) is 12.4. The summed E-state index contributed by atoms with van der Waals surface area (Å²) in [5.74, 6) is 0.904. The van der Waals surface area contributed by atoms with E-state index in [-0.39, 0.29) is 6.10 Å². The van der Waals surface area contributed by atoms with Crippen molar-refractivity contribution >= 4 is 0 Å². The molecule has 1 aromatic carbocycles. The van der Waals surface area contributed by atoms with E-state index in [1.807, 2.05) is 12.1 Å². The van der Waals surface area contributed by atoms with Gasteiger partial charge in [0.15, 0.2) is 0 Å². The van der Waals surface area contributed by atoms with Crippen LogP contribution in [0.3, 0.4) is 0 Å². The minimum absolute atomic E-state index is 0.168. The average molecular weight is 279 g/mol. The Morgan fingerprint density at radius 2 is 2.10 bits per heavy atom. The number of rotatable bonds is 7. The Bertz CT molecular complexity index is 374. The van der Waals surface area contributed by atoms with Crippen LogP contribution in [0, 0.1) is 0 Å². The Labute approximate surface area is 121 Å². The van der Waals surface area contributed by atoms with E-state index in [1.165, 1.54) is 5.56 Å². The van der Waals surface area contributed by atoms with E-state index in [4.69, 9.17) is 14.2 Å². The summed E-state index contributed by atoms with van der Waals surface area (Å²) in [5.41, 5.74) is 1.32. The fraction of sp³-hybridized carbons (Fsp3) is 0.625. The highest BCUT2D eigenvalue weighted by Crippen LogP contribution is 2.16. The van der Waals surface area contributed by atoms with Crippen molar-refractivity contribution in [2.45, 2.75) is 31.9 Å². The average Bonchev–Trinajstić information content (AvgIpc) is 2.53. The van der Waals surface area contributed by atoms with E-state index in [9.17, 15) is 0 Å². The van der Waals surface area contributed by atoms with Crippen LogP contribution >= 0.6 is 0 Å². The maximum absolute atomic E-state index is 5.81. The molecule has 0 aliphatic carbocycles. The largest absolute Gasteiger partial charge is 0.497 e. The van der Waals surface area contributed by atoms with Gasteiger partial charge in [0.05, 0.1) is 33.0 Å². The summed E-state index contributed by atoms with van der Waals surface area (Å²) in [6.45, 7) is 5.19. The van der Waals surface area contributed by atoms with E-state index in [1.54, 1.807) is 7.11 Å². The fourth-order valence-corrected chi connectivity index (χ4v) is 2.53. The third-order valence-corrected chi connectivity index (χ3v) is 3.66. The van der Waals surface area contributed by atoms with Gasteiger partial charge in [0.25, 0.3) is 0 Å². The van der Waals surface area contributed by atoms with Gasteiger partial charge in [-0.2, -0.15) is 0 Å². The van der Waals surface area contributed by atoms with Gasteiger partial charge in [-0.15, -0.1) is 0 Å². The summed E-state index contributed by atoms with van der Waals surface area (Å²) >= 11 is 0. The number of hydrogen-bond donors (Lipinski definition) is 1. The number of methoxy groups -OCH3 is 1. The van der Waals surface area contributed by atoms with Crippen molar-refractivity contribution in [2.24, 2.45) is 0 Å². The Morgan fingerprint density at radius 3 is 2.70 bits per heavy atom. The molecule has 1 fully saturated rings. The molecule has 1 aliphatic heterocycles. The van der Waals surface area contributed by atoms with Gasteiger partial charge in [0.2, 0.25) is 0 Å². The predicted octanol–water partition coefficient (Wildman–Crippen LogP) is 2.02. The van der Waals surface area contributed by atoms with Crippen molar-refractivity contribution in [3.8, 4) is 5.75 Å². The van der Waals surface area contributed by atoms with E-state index in [0.29, 0.717) is 25.9 Å². The molecule has 2 unspecified atom stereocenters. The van der Waals surface area contributed by atoms with E-state index >= 15 is 0 Å². The zero-order chi connectivity index (χ0) is 14.2. The number of likely N-dealkylation sites (N-methyl/N-ethyl adjacent to an activating group) is 1. The summed E-state index contributed by atoms with van der Waals surface area (Å²) < 4.78 is 16.5. The minimum atomic E-state index is 0.168. The van der Waals surface area contributed by atoms with Gasteiger partial charge in [-0.1, -0.05) is 19.1 Å². The first-order valence-corrected chi connectivity index (χ1v) is 7.39. The number of nitrogens with one attached hydrogen (secondary N) is 1. The van der Waals surface area contributed by atoms with Crippen LogP contribution in [0.25, 0.3) is 0 Å². The molecule has 0 saturated carbocycles. The smallest absolute Gasteiger partial charge is 0.118 e. The predicted molar refractivity (Wildman–Crippen MR) is 79.3 cm³/mol. The summed E-state index contributed by atoms with van der Waals surface area (Å²) in [4.78, 5) is 0. The standard InChI is InChI=1S/C16H25NO3/c1-3-17-15(16-12-19-10-11-20-16)9-6-13-4-7-14(18-2)8-5-13/h4-5,7-8,15-17H,3,6,9-12H2,1-2H3. The van der Waals surface area contributed by atoms with Crippen molar-refractivity contribution in [2.75, 3.05) is 33.5 Å². The number of benzene rings is 1. The van der Waals surface area contributed by atoms with Crippen LogP contribution in [-0.2, 0) is 15.9 Å². The highest BCUT2D eigenvalue weighted by atomic mass is 16.6. The topological polar surface area (TPSA) is 39.7 Å². The van der Waals surface area contributed by atoms with Crippen molar-refractivity contribution in [1.29, 1.82) is 0 Å². The summed E-state index contributed by atoms with van der Waals surface area (Å²) in [6, 6.07) is 8.62. The molecule has 1 aromatic rings. The molecule has 1 N–H and O–H groups in total. The quantitative estimate of drug-likeness (QED) is 0.829. The second kappa shape index (κ2) is 8.25. The van der Waals surface area contributed by atoms with E-state index < -0.39 is 0 Å². The van der Waals surface area contributed by atoms with Gasteiger partial charge < -0.3 is 19.5 Å². The molecule has 112 valence electrons. The summed E-state index contributed by atoms with van der Waals surface area (Å²) in [7, 11) is 1.69. The highest BCUT2D eigenvalue weighted by molar-refractivity contribution is 5.27. The Kier molecular flexibility index (Phi) is 6.30. The van der Waals surface area contributed by atoms with Crippen molar-refractivity contribution in [3.05, 3.63) is 29.8 Å². The molecule has 4 nitrogen and oxygen atoms in total. The normalized spacial score (nSPS) is 20.6. The molecule has 0 bridgehead atoms. The van der Waals surface area contributed by atoms with Gasteiger partial charge in [0, 0.05) is 6.04 Å². The molecule has 0 spiro atoms. The lowest BCUT2D eigenvalue weighted by molar-refractivity contribution is -0.102. The molecule has 0 radical (unpaired) electrons. The number of aryl methyl sites for hydroxylation is 1. The lowest BCUT2D eigenvalue weighted by atomic mass is 10.0. The molecule has 20 heavy (non-hydrogen) atoms. The first-order chi connectivity index (χ1) is 9.83.